The lowest BCUT2D eigenvalue weighted by molar-refractivity contribution is 0.0713. The third kappa shape index (κ3) is 6.02. The van der Waals surface area contributed by atoms with Crippen LogP contribution in [-0.4, -0.2) is 67.4 Å². The Hall–Kier alpha value is -3.78. The molecule has 40 heavy (non-hydrogen) atoms. The highest BCUT2D eigenvalue weighted by atomic mass is 19.2. The molecule has 0 aromatic heterocycles. The third-order valence-corrected chi connectivity index (χ3v) is 8.30. The van der Waals surface area contributed by atoms with E-state index < -0.39 is 17.5 Å². The molecule has 1 N–H and O–H groups in total. The van der Waals surface area contributed by atoms with Crippen LogP contribution >= 0.6 is 0 Å². The van der Waals surface area contributed by atoms with Crippen molar-refractivity contribution in [3.8, 4) is 0 Å². The summed E-state index contributed by atoms with van der Waals surface area (Å²) in [6.45, 7) is 10.2. The summed E-state index contributed by atoms with van der Waals surface area (Å²) in [7, 11) is 0. The quantitative estimate of drug-likeness (QED) is 0.432. The van der Waals surface area contributed by atoms with Crippen LogP contribution in [0.15, 0.2) is 60.7 Å². The minimum atomic E-state index is -1.01. The molecule has 3 aromatic rings. The van der Waals surface area contributed by atoms with Crippen LogP contribution in [0.2, 0.25) is 0 Å². The Morgan fingerprint density at radius 1 is 0.850 bits per heavy atom. The van der Waals surface area contributed by atoms with E-state index in [9.17, 15) is 18.4 Å². The van der Waals surface area contributed by atoms with Crippen LogP contribution in [0.1, 0.15) is 57.5 Å². The second-order valence-electron chi connectivity index (χ2n) is 10.6. The molecule has 0 radical (unpaired) electrons. The molecule has 2 amide bonds. The van der Waals surface area contributed by atoms with Crippen LogP contribution in [0.3, 0.4) is 0 Å². The molecular weight excluding hydrogens is 510 g/mol. The van der Waals surface area contributed by atoms with Crippen molar-refractivity contribution < 1.29 is 18.4 Å². The second kappa shape index (κ2) is 12.2. The minimum Gasteiger partial charge on any atom is -0.369 e. The topological polar surface area (TPSA) is 55.9 Å². The summed E-state index contributed by atoms with van der Waals surface area (Å²) in [5.74, 6) is -2.06. The molecule has 0 spiro atoms. The number of hydrogen-bond acceptors (Lipinski definition) is 4. The molecule has 8 heteroatoms. The first-order valence-corrected chi connectivity index (χ1v) is 14.1. The summed E-state index contributed by atoms with van der Waals surface area (Å²) < 4.78 is 27.2. The Morgan fingerprint density at radius 3 is 2.12 bits per heavy atom. The van der Waals surface area contributed by atoms with Gasteiger partial charge in [-0.1, -0.05) is 19.1 Å². The number of anilines is 2. The fraction of sp³-hybridized carbons (Fsp3) is 0.375. The predicted octanol–water partition coefficient (Wildman–Crippen LogP) is 5.69. The van der Waals surface area contributed by atoms with Crippen LogP contribution in [0.25, 0.3) is 0 Å². The Balaban J connectivity index is 1.13. The molecule has 210 valence electrons. The normalized spacial score (nSPS) is 16.7. The summed E-state index contributed by atoms with van der Waals surface area (Å²) in [4.78, 5) is 32.5. The first-order chi connectivity index (χ1) is 19.3. The van der Waals surface area contributed by atoms with Crippen molar-refractivity contribution >= 4 is 23.2 Å². The van der Waals surface area contributed by atoms with Crippen molar-refractivity contribution in [3.63, 3.8) is 0 Å². The smallest absolute Gasteiger partial charge is 0.256 e. The van der Waals surface area contributed by atoms with Gasteiger partial charge in [0.25, 0.3) is 11.8 Å². The Morgan fingerprint density at radius 2 is 1.50 bits per heavy atom. The molecule has 0 saturated carbocycles. The van der Waals surface area contributed by atoms with Crippen LogP contribution in [0.4, 0.5) is 20.2 Å². The SMILES string of the molecule is CCN1CCN(c2ccc(C(=O)N3CCC(c4ccc(NC(=O)c5ccc(F)c(F)c5C)cc4)CC3)cc2)CC1. The molecule has 5 rings (SSSR count). The van der Waals surface area contributed by atoms with Crippen molar-refractivity contribution in [2.75, 3.05) is 56.0 Å². The number of amides is 2. The van der Waals surface area contributed by atoms with Crippen LogP contribution in [-0.2, 0) is 0 Å². The number of nitrogens with zero attached hydrogens (tertiary/aromatic N) is 3. The Bertz CT molecular complexity index is 1340. The van der Waals surface area contributed by atoms with Gasteiger partial charge in [-0.15, -0.1) is 0 Å². The summed E-state index contributed by atoms with van der Waals surface area (Å²) in [6, 6.07) is 17.9. The van der Waals surface area contributed by atoms with Crippen LogP contribution < -0.4 is 10.2 Å². The van der Waals surface area contributed by atoms with Gasteiger partial charge in [0.1, 0.15) is 0 Å². The third-order valence-electron chi connectivity index (χ3n) is 8.30. The predicted molar refractivity (Wildman–Crippen MR) is 154 cm³/mol. The molecule has 3 aromatic carbocycles. The molecule has 2 aliphatic heterocycles. The average molecular weight is 547 g/mol. The zero-order valence-electron chi connectivity index (χ0n) is 23.1. The largest absolute Gasteiger partial charge is 0.369 e. The average Bonchev–Trinajstić information content (AvgIpc) is 3.00. The number of piperazine rings is 1. The van der Waals surface area contributed by atoms with Crippen molar-refractivity contribution in [1.82, 2.24) is 9.80 Å². The molecule has 2 heterocycles. The molecule has 0 aliphatic carbocycles. The summed E-state index contributed by atoms with van der Waals surface area (Å²) in [5.41, 5.74) is 3.72. The van der Waals surface area contributed by atoms with Crippen molar-refractivity contribution in [2.45, 2.75) is 32.6 Å². The van der Waals surface area contributed by atoms with Gasteiger partial charge in [-0.2, -0.15) is 0 Å². The lowest BCUT2D eigenvalue weighted by Crippen LogP contribution is -2.46. The number of benzene rings is 3. The van der Waals surface area contributed by atoms with E-state index in [1.807, 2.05) is 41.3 Å². The molecule has 2 aliphatic rings. The van der Waals surface area contributed by atoms with Gasteiger partial charge in [0.15, 0.2) is 11.6 Å². The van der Waals surface area contributed by atoms with E-state index in [-0.39, 0.29) is 17.0 Å². The van der Waals surface area contributed by atoms with Crippen LogP contribution in [0, 0.1) is 18.6 Å². The highest BCUT2D eigenvalue weighted by molar-refractivity contribution is 6.05. The zero-order valence-corrected chi connectivity index (χ0v) is 23.1. The van der Waals surface area contributed by atoms with Gasteiger partial charge in [-0.05, 0) is 86.3 Å². The second-order valence-corrected chi connectivity index (χ2v) is 10.6. The number of hydrogen-bond donors (Lipinski definition) is 1. The molecule has 2 saturated heterocycles. The monoisotopic (exact) mass is 546 g/mol. The molecular formula is C32H36F2N4O2. The van der Waals surface area contributed by atoms with E-state index in [0.717, 1.165) is 62.8 Å². The number of rotatable bonds is 6. The maximum atomic E-state index is 13.8. The standard InChI is InChI=1S/C32H36F2N4O2/c1-3-36-18-20-37(21-19-36)27-10-6-25(7-11-27)32(40)38-16-14-24(15-17-38)23-4-8-26(9-5-23)35-31(39)28-12-13-29(33)30(34)22(28)2/h4-13,24H,3,14-21H2,1-2H3,(H,35,39). The van der Waals surface area contributed by atoms with Gasteiger partial charge in [-0.3, -0.25) is 9.59 Å². The first-order valence-electron chi connectivity index (χ1n) is 14.1. The zero-order chi connectivity index (χ0) is 28.2. The van der Waals surface area contributed by atoms with Gasteiger partial charge in [0.2, 0.25) is 0 Å². The molecule has 0 unspecified atom stereocenters. The van der Waals surface area contributed by atoms with E-state index in [2.05, 4.69) is 34.2 Å². The summed E-state index contributed by atoms with van der Waals surface area (Å²) in [5, 5.41) is 2.76. The van der Waals surface area contributed by atoms with Crippen molar-refractivity contribution in [1.29, 1.82) is 0 Å². The van der Waals surface area contributed by atoms with Gasteiger partial charge in [0.05, 0.1) is 0 Å². The highest BCUT2D eigenvalue weighted by Gasteiger charge is 2.25. The highest BCUT2D eigenvalue weighted by Crippen LogP contribution is 2.30. The van der Waals surface area contributed by atoms with Gasteiger partial charge >= 0.3 is 0 Å². The number of halogens is 2. The molecule has 2 fully saturated rings. The molecule has 0 atom stereocenters. The molecule has 0 bridgehead atoms. The maximum absolute atomic E-state index is 13.8. The number of piperidine rings is 1. The number of likely N-dealkylation sites (N-methyl/N-ethyl adjacent to an activating group) is 1. The fourth-order valence-corrected chi connectivity index (χ4v) is 5.67. The van der Waals surface area contributed by atoms with Gasteiger partial charge < -0.3 is 20.0 Å². The Labute approximate surface area is 234 Å². The lowest BCUT2D eigenvalue weighted by Gasteiger charge is -2.35. The van der Waals surface area contributed by atoms with E-state index in [0.29, 0.717) is 24.7 Å². The van der Waals surface area contributed by atoms with E-state index in [1.165, 1.54) is 18.7 Å². The first kappa shape index (κ1) is 27.8. The van der Waals surface area contributed by atoms with Crippen molar-refractivity contribution in [2.24, 2.45) is 0 Å². The maximum Gasteiger partial charge on any atom is 0.256 e. The number of carbonyl (C=O) groups excluding carboxylic acids is 2. The Kier molecular flexibility index (Phi) is 8.45. The van der Waals surface area contributed by atoms with E-state index in [4.69, 9.17) is 0 Å². The van der Waals surface area contributed by atoms with E-state index in [1.54, 1.807) is 0 Å². The lowest BCUT2D eigenvalue weighted by atomic mass is 9.89. The number of nitrogens with one attached hydrogen (secondary N) is 1. The summed E-state index contributed by atoms with van der Waals surface area (Å²) >= 11 is 0. The molecule has 6 nitrogen and oxygen atoms in total. The number of carbonyl (C=O) groups is 2. The minimum absolute atomic E-state index is 0.0168. The van der Waals surface area contributed by atoms with E-state index >= 15 is 0 Å². The number of likely N-dealkylation sites (tertiary alicyclic amines) is 1. The van der Waals surface area contributed by atoms with Gasteiger partial charge in [-0.25, -0.2) is 8.78 Å². The fourth-order valence-electron chi connectivity index (χ4n) is 5.67. The summed E-state index contributed by atoms with van der Waals surface area (Å²) in [6.07, 6.45) is 1.73. The van der Waals surface area contributed by atoms with Crippen molar-refractivity contribution in [3.05, 3.63) is 94.6 Å². The van der Waals surface area contributed by atoms with Crippen LogP contribution in [0.5, 0.6) is 0 Å². The van der Waals surface area contributed by atoms with Gasteiger partial charge in [0, 0.05) is 67.3 Å².